The molecule has 0 bridgehead atoms. The van der Waals surface area contributed by atoms with Crippen LogP contribution >= 0.6 is 11.6 Å². The van der Waals surface area contributed by atoms with Crippen molar-refractivity contribution in [2.45, 2.75) is 109 Å². The third kappa shape index (κ3) is 12.4. The molecule has 2 amide bonds. The molecule has 0 saturated heterocycles. The Labute approximate surface area is 337 Å². The van der Waals surface area contributed by atoms with Crippen LogP contribution in [-0.2, 0) is 42.3 Å². The number of amides is 2. The molecule has 57 heavy (non-hydrogen) atoms. The van der Waals surface area contributed by atoms with Crippen molar-refractivity contribution < 1.29 is 46.6 Å². The lowest BCUT2D eigenvalue weighted by Crippen LogP contribution is -2.43. The Hall–Kier alpha value is -4.71. The molecule has 3 aromatic carbocycles. The molecule has 0 unspecified atom stereocenters. The van der Waals surface area contributed by atoms with Gasteiger partial charge in [-0.25, -0.2) is 4.79 Å². The summed E-state index contributed by atoms with van der Waals surface area (Å²) >= 11 is 6.37. The molecule has 0 radical (unpaired) electrons. The van der Waals surface area contributed by atoms with Gasteiger partial charge in [-0.05, 0) is 92.5 Å². The van der Waals surface area contributed by atoms with Crippen molar-refractivity contribution in [1.29, 1.82) is 0 Å². The molecule has 1 fully saturated rings. The molecule has 3 atom stereocenters. The summed E-state index contributed by atoms with van der Waals surface area (Å²) in [5.74, 6) is -6.68. The minimum absolute atomic E-state index is 0.0771. The number of carbonyl (C=O) groups is 5. The first kappa shape index (κ1) is 45.0. The second-order valence-corrected chi connectivity index (χ2v) is 16.5. The van der Waals surface area contributed by atoms with Crippen molar-refractivity contribution in [3.05, 3.63) is 100 Å². The number of halogens is 4. The van der Waals surface area contributed by atoms with E-state index in [9.17, 15) is 37.1 Å². The third-order valence-corrected chi connectivity index (χ3v) is 10.6. The molecule has 2 N–H and O–H groups in total. The maximum absolute atomic E-state index is 14.5. The van der Waals surface area contributed by atoms with Crippen LogP contribution in [0.1, 0.15) is 101 Å². The predicted molar refractivity (Wildman–Crippen MR) is 211 cm³/mol. The first-order valence-electron chi connectivity index (χ1n) is 19.1. The molecule has 308 valence electrons. The number of benzene rings is 3. The lowest BCUT2D eigenvalue weighted by Gasteiger charge is -2.31. The number of alkyl halides is 3. The number of nitrogens with one attached hydrogen (secondary N) is 2. The summed E-state index contributed by atoms with van der Waals surface area (Å²) in [6.07, 6.45) is -3.89. The Kier molecular flexibility index (Phi) is 15.1. The molecule has 1 aliphatic rings. The highest BCUT2D eigenvalue weighted by atomic mass is 35.5. The minimum atomic E-state index is -5.15. The van der Waals surface area contributed by atoms with Gasteiger partial charge in [0.15, 0.2) is 5.78 Å². The van der Waals surface area contributed by atoms with E-state index in [1.54, 1.807) is 75.4 Å². The number of methoxy groups -OCH3 is 1. The Morgan fingerprint density at radius 1 is 0.860 bits per heavy atom. The fraction of sp³-hybridized carbons (Fsp3) is 0.477. The summed E-state index contributed by atoms with van der Waals surface area (Å²) in [6.45, 7) is 8.32. The van der Waals surface area contributed by atoms with Gasteiger partial charge in [-0.1, -0.05) is 86.8 Å². The van der Waals surface area contributed by atoms with Crippen molar-refractivity contribution >= 4 is 41.0 Å². The Balaban J connectivity index is 1.68. The van der Waals surface area contributed by atoms with E-state index in [0.717, 1.165) is 24.0 Å². The van der Waals surface area contributed by atoms with Gasteiger partial charge >= 0.3 is 12.3 Å². The largest absolute Gasteiger partial charge is 0.497 e. The van der Waals surface area contributed by atoms with E-state index in [-0.39, 0.29) is 30.7 Å². The molecular formula is C44H52ClF3N2O7. The number of Topliss-reactive ketones (excluding diaryl/α,β-unsaturated/α-hetero) is 3. The molecule has 4 rings (SSSR count). The third-order valence-electron chi connectivity index (χ3n) is 10.4. The number of alkyl carbamates (subject to hydrolysis) is 1. The molecule has 3 aromatic rings. The average molecular weight is 813 g/mol. The first-order valence-corrected chi connectivity index (χ1v) is 19.5. The fourth-order valence-electron chi connectivity index (χ4n) is 7.32. The van der Waals surface area contributed by atoms with Crippen LogP contribution in [0.15, 0.2) is 72.8 Å². The highest BCUT2D eigenvalue weighted by Crippen LogP contribution is 2.44. The van der Waals surface area contributed by atoms with Crippen LogP contribution in [-0.4, -0.2) is 48.2 Å². The SMILES string of the molecule is COc1ccc([C@H](NC(=O)[C@@H](CC(=O)C2(c3cccc(Cl)c3)CCCC2)Cc2ccc(CNC(=O)OC(C)(C)C)cc2)C(=O)C[C@H](C(=O)C(F)(F)F)C(C)C)cc1. The standard InChI is InChI=1S/C44H52ClF3N2O7/c1-27(2)35(39(53)44(46,47)48)25-36(51)38(30-16-18-34(56-6)19-17-30)50-40(54)31(22-28-12-14-29(15-13-28)26-49-41(55)57-42(3,4)5)23-37(52)43(20-7-8-21-43)32-10-9-11-33(45)24-32/h9-19,24,27,31,35,38H,7-8,20-23,25-26H2,1-6H3,(H,49,55)(H,50,54)/t31-,35+,38+/m1/s1. The molecule has 0 spiro atoms. The van der Waals surface area contributed by atoms with Crippen LogP contribution in [0, 0.1) is 17.8 Å². The van der Waals surface area contributed by atoms with Crippen LogP contribution < -0.4 is 15.4 Å². The minimum Gasteiger partial charge on any atom is -0.497 e. The van der Waals surface area contributed by atoms with Gasteiger partial charge in [-0.2, -0.15) is 13.2 Å². The zero-order valence-electron chi connectivity index (χ0n) is 33.3. The van der Waals surface area contributed by atoms with Gasteiger partial charge in [0.2, 0.25) is 11.7 Å². The van der Waals surface area contributed by atoms with Crippen LogP contribution in [0.3, 0.4) is 0 Å². The Morgan fingerprint density at radius 3 is 2.02 bits per heavy atom. The van der Waals surface area contributed by atoms with Crippen LogP contribution in [0.2, 0.25) is 5.02 Å². The Bertz CT molecular complexity index is 1880. The summed E-state index contributed by atoms with van der Waals surface area (Å²) < 4.78 is 51.4. The smallest absolute Gasteiger partial charge is 0.450 e. The lowest BCUT2D eigenvalue weighted by atomic mass is 9.72. The van der Waals surface area contributed by atoms with E-state index >= 15 is 0 Å². The molecule has 1 saturated carbocycles. The van der Waals surface area contributed by atoms with Gasteiger partial charge in [0, 0.05) is 36.2 Å². The molecule has 13 heteroatoms. The summed E-state index contributed by atoms with van der Waals surface area (Å²) in [6, 6.07) is 19.0. The first-order chi connectivity index (χ1) is 26.7. The zero-order chi connectivity index (χ0) is 42.1. The molecule has 1 aliphatic carbocycles. The zero-order valence-corrected chi connectivity index (χ0v) is 34.0. The summed E-state index contributed by atoms with van der Waals surface area (Å²) in [7, 11) is 1.45. The van der Waals surface area contributed by atoms with Crippen LogP contribution in [0.5, 0.6) is 5.75 Å². The normalized spacial score (nSPS) is 15.6. The van der Waals surface area contributed by atoms with Gasteiger partial charge in [0.25, 0.3) is 0 Å². The summed E-state index contributed by atoms with van der Waals surface area (Å²) in [5, 5.41) is 5.96. The van der Waals surface area contributed by atoms with Gasteiger partial charge in [0.05, 0.1) is 12.5 Å². The molecule has 0 heterocycles. The van der Waals surface area contributed by atoms with E-state index in [1.165, 1.54) is 33.1 Å². The van der Waals surface area contributed by atoms with E-state index in [1.807, 2.05) is 6.07 Å². The van der Waals surface area contributed by atoms with Gasteiger partial charge in [0.1, 0.15) is 23.2 Å². The molecule has 9 nitrogen and oxygen atoms in total. The van der Waals surface area contributed by atoms with Crippen molar-refractivity contribution in [2.24, 2.45) is 17.8 Å². The fourth-order valence-corrected chi connectivity index (χ4v) is 7.51. The van der Waals surface area contributed by atoms with Gasteiger partial charge < -0.3 is 20.1 Å². The topological polar surface area (TPSA) is 128 Å². The second-order valence-electron chi connectivity index (χ2n) is 16.1. The number of hydrogen-bond donors (Lipinski definition) is 2. The van der Waals surface area contributed by atoms with E-state index in [2.05, 4.69) is 10.6 Å². The molecule has 0 aromatic heterocycles. The van der Waals surface area contributed by atoms with Crippen molar-refractivity contribution in [2.75, 3.05) is 7.11 Å². The quantitative estimate of drug-likeness (QED) is 0.139. The lowest BCUT2D eigenvalue weighted by molar-refractivity contribution is -0.177. The number of hydrogen-bond acceptors (Lipinski definition) is 7. The molecule has 0 aliphatic heterocycles. The van der Waals surface area contributed by atoms with Crippen LogP contribution in [0.4, 0.5) is 18.0 Å². The summed E-state index contributed by atoms with van der Waals surface area (Å²) in [5.41, 5.74) is 0.932. The summed E-state index contributed by atoms with van der Waals surface area (Å²) in [4.78, 5) is 67.7. The highest BCUT2D eigenvalue weighted by molar-refractivity contribution is 6.30. The number of ether oxygens (including phenoxy) is 2. The van der Waals surface area contributed by atoms with Crippen LogP contribution in [0.25, 0.3) is 0 Å². The van der Waals surface area contributed by atoms with Crippen molar-refractivity contribution in [3.63, 3.8) is 0 Å². The van der Waals surface area contributed by atoms with Gasteiger partial charge in [-0.15, -0.1) is 0 Å². The highest BCUT2D eigenvalue weighted by Gasteiger charge is 2.46. The number of ketones is 3. The van der Waals surface area contributed by atoms with Crippen molar-refractivity contribution in [1.82, 2.24) is 10.6 Å². The maximum Gasteiger partial charge on any atom is 0.450 e. The van der Waals surface area contributed by atoms with Crippen molar-refractivity contribution in [3.8, 4) is 5.75 Å². The monoisotopic (exact) mass is 812 g/mol. The molecular weight excluding hydrogens is 761 g/mol. The van der Waals surface area contributed by atoms with Gasteiger partial charge in [-0.3, -0.25) is 19.2 Å². The van der Waals surface area contributed by atoms with E-state index < -0.39 is 71.0 Å². The number of rotatable bonds is 17. The maximum atomic E-state index is 14.5. The Morgan fingerprint density at radius 2 is 1.47 bits per heavy atom. The van der Waals surface area contributed by atoms with E-state index in [0.29, 0.717) is 29.2 Å². The number of carbonyl (C=O) groups excluding carboxylic acids is 5. The predicted octanol–water partition coefficient (Wildman–Crippen LogP) is 9.22. The average Bonchev–Trinajstić information content (AvgIpc) is 3.65. The van der Waals surface area contributed by atoms with E-state index in [4.69, 9.17) is 21.1 Å². The second kappa shape index (κ2) is 19.2.